The molecule has 0 fully saturated rings. The highest BCUT2D eigenvalue weighted by molar-refractivity contribution is 7.20. The van der Waals surface area contributed by atoms with Crippen LogP contribution in [0.15, 0.2) is 24.3 Å². The van der Waals surface area contributed by atoms with Crippen LogP contribution in [-0.4, -0.2) is 29.1 Å². The van der Waals surface area contributed by atoms with Crippen molar-refractivity contribution in [1.82, 2.24) is 0 Å². The SMILES string of the molecule is CC(C)(C)OC(=O)COC(=O)c1cc2cc([N+](=O)[O-])ccc2s1. The lowest BCUT2D eigenvalue weighted by molar-refractivity contribution is -0.384. The standard InChI is InChI=1S/C15H15NO6S/c1-15(2,3)22-13(17)8-21-14(18)12-7-9-6-10(16(19)20)4-5-11(9)23-12/h4-7H,8H2,1-3H3. The van der Waals surface area contributed by atoms with Gasteiger partial charge in [-0.25, -0.2) is 9.59 Å². The van der Waals surface area contributed by atoms with Crippen LogP contribution in [-0.2, 0) is 14.3 Å². The fourth-order valence-electron chi connectivity index (χ4n) is 1.81. The minimum atomic E-state index is -0.667. The number of fused-ring (bicyclic) bond motifs is 1. The molecule has 0 spiro atoms. The maximum Gasteiger partial charge on any atom is 0.348 e. The molecule has 2 rings (SSSR count). The van der Waals surface area contributed by atoms with Crippen molar-refractivity contribution in [3.05, 3.63) is 39.3 Å². The highest BCUT2D eigenvalue weighted by atomic mass is 32.1. The Balaban J connectivity index is 2.06. The molecule has 0 aliphatic rings. The highest BCUT2D eigenvalue weighted by Crippen LogP contribution is 2.29. The third-order valence-electron chi connectivity index (χ3n) is 2.65. The molecule has 0 N–H and O–H groups in total. The Morgan fingerprint density at radius 3 is 2.57 bits per heavy atom. The highest BCUT2D eigenvalue weighted by Gasteiger charge is 2.19. The number of carbonyl (C=O) groups is 2. The van der Waals surface area contributed by atoms with Crippen LogP contribution in [0.3, 0.4) is 0 Å². The first-order valence-electron chi connectivity index (χ1n) is 6.73. The first-order valence-corrected chi connectivity index (χ1v) is 7.54. The number of nitro groups is 1. The van der Waals surface area contributed by atoms with Gasteiger partial charge in [-0.15, -0.1) is 11.3 Å². The molecule has 23 heavy (non-hydrogen) atoms. The molecular formula is C15H15NO6S. The molecule has 1 aromatic carbocycles. The number of carbonyl (C=O) groups excluding carboxylic acids is 2. The molecule has 7 nitrogen and oxygen atoms in total. The molecule has 0 aliphatic carbocycles. The van der Waals surface area contributed by atoms with Gasteiger partial charge in [-0.05, 0) is 32.9 Å². The number of esters is 2. The quantitative estimate of drug-likeness (QED) is 0.482. The number of benzene rings is 1. The van der Waals surface area contributed by atoms with Gasteiger partial charge in [-0.3, -0.25) is 10.1 Å². The summed E-state index contributed by atoms with van der Waals surface area (Å²) in [6, 6.07) is 5.83. The molecule has 1 aromatic heterocycles. The van der Waals surface area contributed by atoms with Gasteiger partial charge in [-0.2, -0.15) is 0 Å². The molecule has 0 saturated heterocycles. The summed E-state index contributed by atoms with van der Waals surface area (Å²) in [7, 11) is 0. The zero-order valence-electron chi connectivity index (χ0n) is 12.8. The van der Waals surface area contributed by atoms with Gasteiger partial charge < -0.3 is 9.47 Å². The maximum absolute atomic E-state index is 11.9. The van der Waals surface area contributed by atoms with Gasteiger partial charge in [0.15, 0.2) is 6.61 Å². The lowest BCUT2D eigenvalue weighted by atomic mass is 10.2. The minimum Gasteiger partial charge on any atom is -0.457 e. The molecule has 0 aliphatic heterocycles. The minimum absolute atomic E-state index is 0.0519. The Morgan fingerprint density at radius 1 is 1.26 bits per heavy atom. The van der Waals surface area contributed by atoms with Crippen LogP contribution < -0.4 is 0 Å². The zero-order valence-corrected chi connectivity index (χ0v) is 13.6. The van der Waals surface area contributed by atoms with Crippen molar-refractivity contribution in [2.75, 3.05) is 6.61 Å². The summed E-state index contributed by atoms with van der Waals surface area (Å²) >= 11 is 1.14. The van der Waals surface area contributed by atoms with E-state index in [1.165, 1.54) is 18.2 Å². The second-order valence-corrected chi connectivity index (χ2v) is 6.84. The molecule has 122 valence electrons. The van der Waals surface area contributed by atoms with Gasteiger partial charge >= 0.3 is 11.9 Å². The van der Waals surface area contributed by atoms with Crippen molar-refractivity contribution < 1.29 is 24.0 Å². The predicted octanol–water partition coefficient (Wildman–Crippen LogP) is 3.31. The van der Waals surface area contributed by atoms with Crippen molar-refractivity contribution in [3.8, 4) is 0 Å². The summed E-state index contributed by atoms with van der Waals surface area (Å²) in [5.41, 5.74) is -0.705. The molecule has 0 saturated carbocycles. The number of ether oxygens (including phenoxy) is 2. The summed E-state index contributed by atoms with van der Waals surface area (Å²) in [6.07, 6.45) is 0. The summed E-state index contributed by atoms with van der Waals surface area (Å²) in [6.45, 7) is 4.66. The molecule has 0 amide bonds. The van der Waals surface area contributed by atoms with E-state index in [-0.39, 0.29) is 10.6 Å². The first-order chi connectivity index (χ1) is 10.7. The van der Waals surface area contributed by atoms with E-state index < -0.39 is 29.1 Å². The van der Waals surface area contributed by atoms with E-state index in [1.807, 2.05) is 0 Å². The monoisotopic (exact) mass is 337 g/mol. The Bertz CT molecular complexity index is 774. The normalized spacial score (nSPS) is 11.3. The Hall–Kier alpha value is -2.48. The number of hydrogen-bond acceptors (Lipinski definition) is 7. The molecule has 0 radical (unpaired) electrons. The fraction of sp³-hybridized carbons (Fsp3) is 0.333. The second kappa shape index (κ2) is 6.33. The number of nitro benzene ring substituents is 1. The third kappa shape index (κ3) is 4.49. The number of nitrogens with zero attached hydrogens (tertiary/aromatic N) is 1. The van der Waals surface area contributed by atoms with Crippen LogP contribution in [0, 0.1) is 10.1 Å². The number of non-ortho nitro benzene ring substituents is 1. The molecule has 0 bridgehead atoms. The summed E-state index contributed by atoms with van der Waals surface area (Å²) in [5, 5.41) is 11.3. The molecule has 2 aromatic rings. The predicted molar refractivity (Wildman–Crippen MR) is 84.6 cm³/mol. The Morgan fingerprint density at radius 2 is 1.96 bits per heavy atom. The van der Waals surface area contributed by atoms with Crippen LogP contribution in [0.1, 0.15) is 30.4 Å². The van der Waals surface area contributed by atoms with Crippen molar-refractivity contribution in [2.24, 2.45) is 0 Å². The molecule has 0 unspecified atom stereocenters. The first kappa shape index (κ1) is 16.9. The van der Waals surface area contributed by atoms with E-state index in [9.17, 15) is 19.7 Å². The van der Waals surface area contributed by atoms with E-state index in [1.54, 1.807) is 26.8 Å². The van der Waals surface area contributed by atoms with E-state index in [2.05, 4.69) is 0 Å². The van der Waals surface area contributed by atoms with E-state index in [4.69, 9.17) is 9.47 Å². The van der Waals surface area contributed by atoms with Crippen molar-refractivity contribution in [3.63, 3.8) is 0 Å². The Labute approximate surface area is 136 Å². The van der Waals surface area contributed by atoms with Gasteiger partial charge in [0.1, 0.15) is 10.5 Å². The topological polar surface area (TPSA) is 95.7 Å². The third-order valence-corrected chi connectivity index (χ3v) is 3.75. The van der Waals surface area contributed by atoms with Crippen LogP contribution >= 0.6 is 11.3 Å². The summed E-state index contributed by atoms with van der Waals surface area (Å²) in [4.78, 5) is 34.0. The van der Waals surface area contributed by atoms with Crippen LogP contribution in [0.5, 0.6) is 0 Å². The number of rotatable bonds is 4. The van der Waals surface area contributed by atoms with E-state index >= 15 is 0 Å². The molecule has 1 heterocycles. The lowest BCUT2D eigenvalue weighted by Gasteiger charge is -2.19. The average Bonchev–Trinajstić information content (AvgIpc) is 2.85. The van der Waals surface area contributed by atoms with Crippen molar-refractivity contribution in [2.45, 2.75) is 26.4 Å². The summed E-state index contributed by atoms with van der Waals surface area (Å²) in [5.74, 6) is -1.30. The van der Waals surface area contributed by atoms with Gasteiger partial charge in [0, 0.05) is 22.2 Å². The second-order valence-electron chi connectivity index (χ2n) is 5.75. The largest absolute Gasteiger partial charge is 0.457 e. The average molecular weight is 337 g/mol. The van der Waals surface area contributed by atoms with Gasteiger partial charge in [0.05, 0.1) is 4.92 Å². The van der Waals surface area contributed by atoms with E-state index in [0.29, 0.717) is 5.39 Å². The number of thiophene rings is 1. The van der Waals surface area contributed by atoms with Crippen molar-refractivity contribution in [1.29, 1.82) is 0 Å². The van der Waals surface area contributed by atoms with Crippen LogP contribution in [0.4, 0.5) is 5.69 Å². The van der Waals surface area contributed by atoms with Crippen LogP contribution in [0.25, 0.3) is 10.1 Å². The molecule has 8 heteroatoms. The molecule has 0 atom stereocenters. The van der Waals surface area contributed by atoms with Gasteiger partial charge in [-0.1, -0.05) is 0 Å². The maximum atomic E-state index is 11.9. The molecular weight excluding hydrogens is 322 g/mol. The van der Waals surface area contributed by atoms with Crippen molar-refractivity contribution >= 4 is 39.0 Å². The Kier molecular flexibility index (Phi) is 4.65. The lowest BCUT2D eigenvalue weighted by Crippen LogP contribution is -2.27. The van der Waals surface area contributed by atoms with Crippen LogP contribution in [0.2, 0.25) is 0 Å². The van der Waals surface area contributed by atoms with Gasteiger partial charge in [0.25, 0.3) is 5.69 Å². The summed E-state index contributed by atoms with van der Waals surface area (Å²) < 4.78 is 10.7. The zero-order chi connectivity index (χ0) is 17.2. The van der Waals surface area contributed by atoms with Gasteiger partial charge in [0.2, 0.25) is 0 Å². The van der Waals surface area contributed by atoms with E-state index in [0.717, 1.165) is 16.0 Å². The fourth-order valence-corrected chi connectivity index (χ4v) is 2.75. The smallest absolute Gasteiger partial charge is 0.348 e. The number of hydrogen-bond donors (Lipinski definition) is 0.